The summed E-state index contributed by atoms with van der Waals surface area (Å²) in [6.07, 6.45) is -12.7. The van der Waals surface area contributed by atoms with Crippen LogP contribution in [0, 0.1) is 0 Å². The Labute approximate surface area is 179 Å². The third-order valence-electron chi connectivity index (χ3n) is 6.30. The molecule has 0 aromatic carbocycles. The first kappa shape index (κ1) is 25.1. The Kier molecular flexibility index (Phi) is 8.24. The first-order chi connectivity index (χ1) is 14.6. The van der Waals surface area contributed by atoms with E-state index in [4.69, 9.17) is 36.1 Å². The first-order valence-electron chi connectivity index (χ1n) is 10.5. The van der Waals surface area contributed by atoms with Crippen LogP contribution in [0.2, 0.25) is 0 Å². The molecule has 2 heterocycles. The van der Waals surface area contributed by atoms with Crippen molar-refractivity contribution in [1.29, 1.82) is 0 Å². The monoisotopic (exact) mass is 453 g/mol. The normalized spacial score (nSPS) is 53.6. The molecule has 182 valence electrons. The number of aliphatic hydroxyl groups is 6. The number of rotatable bonds is 6. The van der Waals surface area contributed by atoms with Crippen LogP contribution in [0.5, 0.6) is 0 Å². The second-order valence-electron chi connectivity index (χ2n) is 8.47. The van der Waals surface area contributed by atoms with Crippen molar-refractivity contribution in [2.75, 3.05) is 6.61 Å². The summed E-state index contributed by atoms with van der Waals surface area (Å²) in [6.45, 7) is 1.18. The molecule has 1 aliphatic carbocycles. The van der Waals surface area contributed by atoms with Crippen molar-refractivity contribution < 1.29 is 49.6 Å². The number of hydrogen-bond acceptors (Lipinski definition) is 13. The highest BCUT2D eigenvalue weighted by atomic mass is 16.7. The van der Waals surface area contributed by atoms with Gasteiger partial charge in [0.05, 0.1) is 24.9 Å². The van der Waals surface area contributed by atoms with Crippen LogP contribution in [0.1, 0.15) is 19.8 Å². The minimum absolute atomic E-state index is 0.163. The summed E-state index contributed by atoms with van der Waals surface area (Å²) in [4.78, 5) is 0. The summed E-state index contributed by atoms with van der Waals surface area (Å²) in [7, 11) is 0. The topological polar surface area (TPSA) is 236 Å². The number of hydrogen-bond donors (Lipinski definition) is 9. The lowest BCUT2D eigenvalue weighted by Gasteiger charge is -2.47. The SMILES string of the molecule is CCC1OC(OC2C(O)C(N)CC(N)C2OC2OC(CO)C(O)C(O)C2N)C(O)C1O. The number of ether oxygens (including phenoxy) is 4. The molecule has 31 heavy (non-hydrogen) atoms. The van der Waals surface area contributed by atoms with Crippen LogP contribution in [-0.2, 0) is 18.9 Å². The van der Waals surface area contributed by atoms with Crippen LogP contribution >= 0.6 is 0 Å². The molecule has 3 aliphatic rings. The van der Waals surface area contributed by atoms with Gasteiger partial charge >= 0.3 is 0 Å². The molecule has 0 amide bonds. The lowest BCUT2D eigenvalue weighted by Crippen LogP contribution is -2.68. The van der Waals surface area contributed by atoms with Crippen LogP contribution in [0.15, 0.2) is 0 Å². The van der Waals surface area contributed by atoms with Gasteiger partial charge in [0.25, 0.3) is 0 Å². The third-order valence-corrected chi connectivity index (χ3v) is 6.30. The molecule has 12 N–H and O–H groups in total. The van der Waals surface area contributed by atoms with E-state index in [2.05, 4.69) is 0 Å². The summed E-state index contributed by atoms with van der Waals surface area (Å²) < 4.78 is 22.7. The van der Waals surface area contributed by atoms with E-state index >= 15 is 0 Å². The zero-order valence-electron chi connectivity index (χ0n) is 17.3. The van der Waals surface area contributed by atoms with E-state index in [9.17, 15) is 30.6 Å². The Morgan fingerprint density at radius 2 is 1.32 bits per heavy atom. The molecule has 0 radical (unpaired) electrons. The fourth-order valence-electron chi connectivity index (χ4n) is 4.31. The molecule has 3 fully saturated rings. The Bertz CT molecular complexity index is 589. The van der Waals surface area contributed by atoms with E-state index in [0.29, 0.717) is 6.42 Å². The maximum absolute atomic E-state index is 10.7. The average Bonchev–Trinajstić information content (AvgIpc) is 3.02. The Balaban J connectivity index is 1.78. The van der Waals surface area contributed by atoms with Crippen LogP contribution in [0.3, 0.4) is 0 Å². The van der Waals surface area contributed by atoms with E-state index in [1.54, 1.807) is 6.92 Å². The largest absolute Gasteiger partial charge is 0.394 e. The molecule has 0 spiro atoms. The van der Waals surface area contributed by atoms with Crippen molar-refractivity contribution in [1.82, 2.24) is 0 Å². The summed E-state index contributed by atoms with van der Waals surface area (Å²) >= 11 is 0. The van der Waals surface area contributed by atoms with Crippen molar-refractivity contribution in [2.45, 2.75) is 105 Å². The van der Waals surface area contributed by atoms with Crippen LogP contribution in [0.4, 0.5) is 0 Å². The van der Waals surface area contributed by atoms with Gasteiger partial charge in [-0.3, -0.25) is 0 Å². The van der Waals surface area contributed by atoms with Gasteiger partial charge in [0.2, 0.25) is 0 Å². The van der Waals surface area contributed by atoms with Crippen LogP contribution in [-0.4, -0.2) is 123 Å². The quantitative estimate of drug-likeness (QED) is 0.183. The zero-order chi connectivity index (χ0) is 23.0. The number of nitrogens with two attached hydrogens (primary N) is 3. The van der Waals surface area contributed by atoms with Gasteiger partial charge in [-0.05, 0) is 12.8 Å². The van der Waals surface area contributed by atoms with Crippen LogP contribution < -0.4 is 17.2 Å². The Hall–Kier alpha value is -0.520. The molecule has 1 saturated carbocycles. The molecule has 2 aliphatic heterocycles. The molecule has 2 saturated heterocycles. The zero-order valence-corrected chi connectivity index (χ0v) is 17.3. The van der Waals surface area contributed by atoms with Crippen molar-refractivity contribution in [3.05, 3.63) is 0 Å². The predicted molar refractivity (Wildman–Crippen MR) is 103 cm³/mol. The molecular weight excluding hydrogens is 418 g/mol. The van der Waals surface area contributed by atoms with Gasteiger partial charge in [0, 0.05) is 12.1 Å². The van der Waals surface area contributed by atoms with E-state index in [1.165, 1.54) is 0 Å². The summed E-state index contributed by atoms with van der Waals surface area (Å²) in [5.74, 6) is 0. The van der Waals surface area contributed by atoms with Gasteiger partial charge in [-0.15, -0.1) is 0 Å². The van der Waals surface area contributed by atoms with Gasteiger partial charge in [-0.25, -0.2) is 0 Å². The van der Waals surface area contributed by atoms with Gasteiger partial charge in [0.15, 0.2) is 12.6 Å². The van der Waals surface area contributed by atoms with E-state index in [0.717, 1.165) is 0 Å². The summed E-state index contributed by atoms with van der Waals surface area (Å²) in [5.41, 5.74) is 18.1. The standard InChI is InChI=1S/C18H35N3O10/c1-2-7-11(24)14(27)18(28-7)31-16-10(23)5(19)3-6(20)15(16)30-17-9(21)13(26)12(25)8(4-22)29-17/h5-18,22-27H,2-4,19-21H2,1H3. The van der Waals surface area contributed by atoms with Gasteiger partial charge in [0.1, 0.15) is 42.7 Å². The van der Waals surface area contributed by atoms with Crippen LogP contribution in [0.25, 0.3) is 0 Å². The summed E-state index contributed by atoms with van der Waals surface area (Å²) in [5, 5.41) is 60.5. The third kappa shape index (κ3) is 4.89. The molecule has 13 heteroatoms. The molecule has 0 bridgehead atoms. The highest BCUT2D eigenvalue weighted by Crippen LogP contribution is 2.32. The number of aliphatic hydroxyl groups excluding tert-OH is 6. The molecule has 0 aromatic rings. The van der Waals surface area contributed by atoms with Crippen molar-refractivity contribution in [3.8, 4) is 0 Å². The molecule has 0 aromatic heterocycles. The summed E-state index contributed by atoms with van der Waals surface area (Å²) in [6, 6.07) is -2.69. The van der Waals surface area contributed by atoms with E-state index in [1.807, 2.05) is 0 Å². The predicted octanol–water partition coefficient (Wildman–Crippen LogP) is -5.20. The lowest BCUT2D eigenvalue weighted by molar-refractivity contribution is -0.310. The molecular formula is C18H35N3O10. The Morgan fingerprint density at radius 1 is 0.742 bits per heavy atom. The van der Waals surface area contributed by atoms with Gasteiger partial charge < -0.3 is 66.8 Å². The van der Waals surface area contributed by atoms with E-state index < -0.39 is 92.2 Å². The average molecular weight is 453 g/mol. The fraction of sp³-hybridized carbons (Fsp3) is 1.00. The van der Waals surface area contributed by atoms with E-state index in [-0.39, 0.29) is 6.42 Å². The second-order valence-corrected chi connectivity index (χ2v) is 8.47. The molecule has 14 atom stereocenters. The highest BCUT2D eigenvalue weighted by Gasteiger charge is 2.51. The molecule has 14 unspecified atom stereocenters. The maximum atomic E-state index is 10.7. The fourth-order valence-corrected chi connectivity index (χ4v) is 4.31. The van der Waals surface area contributed by atoms with Crippen molar-refractivity contribution >= 4 is 0 Å². The second kappa shape index (κ2) is 10.2. The Morgan fingerprint density at radius 3 is 1.90 bits per heavy atom. The molecule has 13 nitrogen and oxygen atoms in total. The van der Waals surface area contributed by atoms with Gasteiger partial charge in [-0.1, -0.05) is 6.92 Å². The molecule has 3 rings (SSSR count). The van der Waals surface area contributed by atoms with Gasteiger partial charge in [-0.2, -0.15) is 0 Å². The smallest absolute Gasteiger partial charge is 0.187 e. The van der Waals surface area contributed by atoms with Crippen molar-refractivity contribution in [3.63, 3.8) is 0 Å². The highest BCUT2D eigenvalue weighted by molar-refractivity contribution is 5.01. The first-order valence-corrected chi connectivity index (χ1v) is 10.5. The minimum atomic E-state index is -1.44. The van der Waals surface area contributed by atoms with Crippen molar-refractivity contribution in [2.24, 2.45) is 17.2 Å². The minimum Gasteiger partial charge on any atom is -0.394 e. The maximum Gasteiger partial charge on any atom is 0.187 e. The lowest BCUT2D eigenvalue weighted by atomic mass is 9.84.